The van der Waals surface area contributed by atoms with E-state index < -0.39 is 29.2 Å². The molecule has 0 bridgehead atoms. The molecule has 0 spiro atoms. The van der Waals surface area contributed by atoms with Crippen molar-refractivity contribution < 1.29 is 22.6 Å². The van der Waals surface area contributed by atoms with Crippen LogP contribution in [0, 0.1) is 17.5 Å². The van der Waals surface area contributed by atoms with E-state index in [0.717, 1.165) is 17.2 Å². The van der Waals surface area contributed by atoms with Crippen LogP contribution in [0.15, 0.2) is 66.7 Å². The minimum atomic E-state index is -1.50. The molecule has 1 heterocycles. The van der Waals surface area contributed by atoms with Gasteiger partial charge in [0, 0.05) is 17.1 Å². The van der Waals surface area contributed by atoms with E-state index in [1.807, 2.05) is 42.5 Å². The van der Waals surface area contributed by atoms with Crippen molar-refractivity contribution in [1.29, 1.82) is 0 Å². The third-order valence-corrected chi connectivity index (χ3v) is 6.00. The summed E-state index contributed by atoms with van der Waals surface area (Å²) in [6.07, 6.45) is 0.0977. The van der Waals surface area contributed by atoms with Gasteiger partial charge in [-0.05, 0) is 42.3 Å². The van der Waals surface area contributed by atoms with Gasteiger partial charge in [0.05, 0.1) is 13.2 Å². The minimum Gasteiger partial charge on any atom is -0.369 e. The van der Waals surface area contributed by atoms with Gasteiger partial charge in [-0.2, -0.15) is 0 Å². The van der Waals surface area contributed by atoms with Gasteiger partial charge in [-0.1, -0.05) is 60.1 Å². The van der Waals surface area contributed by atoms with E-state index in [-0.39, 0.29) is 12.2 Å². The van der Waals surface area contributed by atoms with Gasteiger partial charge < -0.3 is 14.8 Å². The van der Waals surface area contributed by atoms with Crippen molar-refractivity contribution in [2.24, 2.45) is 0 Å². The van der Waals surface area contributed by atoms with Gasteiger partial charge in [0.25, 0.3) is 0 Å². The molecule has 3 aromatic rings. The van der Waals surface area contributed by atoms with Crippen LogP contribution in [0.25, 0.3) is 0 Å². The quantitative estimate of drug-likeness (QED) is 0.454. The Morgan fingerprint density at radius 3 is 2.41 bits per heavy atom. The van der Waals surface area contributed by atoms with Gasteiger partial charge in [-0.3, -0.25) is 0 Å². The van der Waals surface area contributed by atoms with Crippen molar-refractivity contribution in [3.63, 3.8) is 0 Å². The Balaban J connectivity index is 1.63. The van der Waals surface area contributed by atoms with Crippen molar-refractivity contribution in [2.45, 2.75) is 31.3 Å². The molecule has 7 heteroatoms. The summed E-state index contributed by atoms with van der Waals surface area (Å²) in [6.45, 7) is 1.27. The molecule has 0 saturated carbocycles. The fourth-order valence-corrected chi connectivity index (χ4v) is 4.12. The topological polar surface area (TPSA) is 30.5 Å². The Labute approximate surface area is 190 Å². The fraction of sp³-hybridized carbons (Fsp3) is 0.280. The van der Waals surface area contributed by atoms with Crippen LogP contribution >= 0.6 is 11.6 Å². The number of halogens is 4. The van der Waals surface area contributed by atoms with Crippen LogP contribution in [0.1, 0.15) is 23.1 Å². The monoisotopic (exact) mass is 461 g/mol. The molecule has 0 amide bonds. The summed E-state index contributed by atoms with van der Waals surface area (Å²) in [6, 6.07) is 19.2. The first-order valence-corrected chi connectivity index (χ1v) is 10.8. The normalized spacial score (nSPS) is 20.9. The molecule has 3 nitrogen and oxygen atoms in total. The maximum Gasteiger partial charge on any atom is 0.194 e. The van der Waals surface area contributed by atoms with Gasteiger partial charge in [0.15, 0.2) is 17.5 Å². The molecular weight excluding hydrogens is 439 g/mol. The first-order chi connectivity index (χ1) is 15.5. The van der Waals surface area contributed by atoms with Crippen molar-refractivity contribution in [3.05, 3.63) is 106 Å². The molecule has 0 aliphatic carbocycles. The number of ether oxygens (including phenoxy) is 2. The molecule has 4 rings (SSSR count). The van der Waals surface area contributed by atoms with Crippen LogP contribution in [0.5, 0.6) is 0 Å². The second kappa shape index (κ2) is 10.0. The molecule has 0 aromatic heterocycles. The van der Waals surface area contributed by atoms with Gasteiger partial charge in [-0.25, -0.2) is 13.2 Å². The molecule has 32 heavy (non-hydrogen) atoms. The maximum absolute atomic E-state index is 14.2. The summed E-state index contributed by atoms with van der Waals surface area (Å²) >= 11 is 6.10. The summed E-state index contributed by atoms with van der Waals surface area (Å²) in [4.78, 5) is 0. The molecule has 1 aliphatic heterocycles. The molecule has 2 atom stereocenters. The number of benzene rings is 3. The summed E-state index contributed by atoms with van der Waals surface area (Å²) in [7, 11) is 0. The first-order valence-electron chi connectivity index (χ1n) is 10.4. The highest BCUT2D eigenvalue weighted by Crippen LogP contribution is 2.38. The summed E-state index contributed by atoms with van der Waals surface area (Å²) < 4.78 is 53.8. The SMILES string of the molecule is Fc1ccc(CO[C@H]2CNCC[C@@]2(OCc2ccccc2)c2ccc(Cl)cc2)c(F)c1F. The van der Waals surface area contributed by atoms with E-state index in [2.05, 4.69) is 5.32 Å². The summed E-state index contributed by atoms with van der Waals surface area (Å²) in [5, 5.41) is 3.88. The highest BCUT2D eigenvalue weighted by atomic mass is 35.5. The van der Waals surface area contributed by atoms with Gasteiger partial charge in [-0.15, -0.1) is 0 Å². The average Bonchev–Trinajstić information content (AvgIpc) is 2.82. The van der Waals surface area contributed by atoms with E-state index in [0.29, 0.717) is 31.1 Å². The molecule has 1 saturated heterocycles. The summed E-state index contributed by atoms with van der Waals surface area (Å²) in [5.74, 6) is -3.97. The highest BCUT2D eigenvalue weighted by molar-refractivity contribution is 6.30. The Bertz CT molecular complexity index is 1050. The highest BCUT2D eigenvalue weighted by Gasteiger charge is 2.44. The largest absolute Gasteiger partial charge is 0.369 e. The fourth-order valence-electron chi connectivity index (χ4n) is 3.99. The zero-order valence-electron chi connectivity index (χ0n) is 17.3. The van der Waals surface area contributed by atoms with Crippen molar-refractivity contribution in [2.75, 3.05) is 13.1 Å². The smallest absolute Gasteiger partial charge is 0.194 e. The van der Waals surface area contributed by atoms with Crippen LogP contribution in [0.4, 0.5) is 13.2 Å². The van der Waals surface area contributed by atoms with E-state index in [9.17, 15) is 13.2 Å². The van der Waals surface area contributed by atoms with Crippen molar-refractivity contribution in [1.82, 2.24) is 5.32 Å². The van der Waals surface area contributed by atoms with Gasteiger partial charge in [0.2, 0.25) is 0 Å². The van der Waals surface area contributed by atoms with Crippen LogP contribution in [0.3, 0.4) is 0 Å². The zero-order chi connectivity index (χ0) is 22.6. The Morgan fingerprint density at radius 2 is 1.66 bits per heavy atom. The van der Waals surface area contributed by atoms with Crippen LogP contribution in [-0.4, -0.2) is 19.2 Å². The molecule has 1 fully saturated rings. The molecule has 0 radical (unpaired) electrons. The van der Waals surface area contributed by atoms with Gasteiger partial charge in [0.1, 0.15) is 11.7 Å². The Hall–Kier alpha value is -2.38. The van der Waals surface area contributed by atoms with E-state index in [1.54, 1.807) is 12.1 Å². The minimum absolute atomic E-state index is 0.0532. The molecule has 3 aromatic carbocycles. The van der Waals surface area contributed by atoms with Crippen molar-refractivity contribution >= 4 is 11.6 Å². The molecule has 168 valence electrons. The third-order valence-electron chi connectivity index (χ3n) is 5.75. The Morgan fingerprint density at radius 1 is 0.906 bits per heavy atom. The predicted molar refractivity (Wildman–Crippen MR) is 117 cm³/mol. The number of nitrogens with one attached hydrogen (secondary N) is 1. The summed E-state index contributed by atoms with van der Waals surface area (Å²) in [5.41, 5.74) is 1.00. The lowest BCUT2D eigenvalue weighted by Gasteiger charge is -2.44. The number of rotatable bonds is 7. The maximum atomic E-state index is 14.2. The predicted octanol–water partition coefficient (Wildman–Crippen LogP) is 5.75. The second-order valence-corrected chi connectivity index (χ2v) is 8.20. The van der Waals surface area contributed by atoms with Crippen LogP contribution in [0.2, 0.25) is 5.02 Å². The van der Waals surface area contributed by atoms with Crippen LogP contribution in [-0.2, 0) is 28.3 Å². The van der Waals surface area contributed by atoms with E-state index in [4.69, 9.17) is 21.1 Å². The van der Waals surface area contributed by atoms with E-state index in [1.165, 1.54) is 6.07 Å². The van der Waals surface area contributed by atoms with Crippen LogP contribution < -0.4 is 5.32 Å². The number of hydrogen-bond donors (Lipinski definition) is 1. The molecular formula is C25H23ClF3NO2. The molecule has 1 aliphatic rings. The third kappa shape index (κ3) is 4.84. The lowest BCUT2D eigenvalue weighted by Crippen LogP contribution is -2.54. The standard InChI is InChI=1S/C25H23ClF3NO2/c26-20-9-7-19(8-10-20)25(32-15-17-4-2-1-3-5-17)12-13-30-14-22(25)31-16-18-6-11-21(27)24(29)23(18)28/h1-11,22,30H,12-16H2/t22-,25+/m0/s1. The van der Waals surface area contributed by atoms with Gasteiger partial charge >= 0.3 is 0 Å². The molecule has 1 N–H and O–H groups in total. The lowest BCUT2D eigenvalue weighted by molar-refractivity contribution is -0.176. The van der Waals surface area contributed by atoms with E-state index >= 15 is 0 Å². The number of hydrogen-bond acceptors (Lipinski definition) is 3. The zero-order valence-corrected chi connectivity index (χ0v) is 18.0. The average molecular weight is 462 g/mol. The van der Waals surface area contributed by atoms with Crippen molar-refractivity contribution in [3.8, 4) is 0 Å². The Kier molecular flexibility index (Phi) is 7.16. The first kappa shape index (κ1) is 22.8. The second-order valence-electron chi connectivity index (χ2n) is 7.76. The lowest BCUT2D eigenvalue weighted by atomic mass is 9.82. The molecule has 0 unspecified atom stereocenters. The number of piperidine rings is 1.